The number of hydrogen-bond acceptors (Lipinski definition) is 5. The zero-order chi connectivity index (χ0) is 10.1. The molecule has 2 atom stereocenters. The minimum atomic E-state index is -0.546. The van der Waals surface area contributed by atoms with Crippen LogP contribution in [0.15, 0.2) is 0 Å². The smallest absolute Gasteiger partial charge is 0.214 e. The largest absolute Gasteiger partial charge is 0.316 e. The SMILES string of the molecule is NC1CCCCN1C1C(=O)CSC1=O. The first-order valence-corrected chi connectivity index (χ1v) is 5.89. The van der Waals surface area contributed by atoms with Gasteiger partial charge in [0, 0.05) is 6.54 Å². The molecular weight excluding hydrogens is 200 g/mol. The maximum Gasteiger partial charge on any atom is 0.214 e. The van der Waals surface area contributed by atoms with E-state index in [0.717, 1.165) is 37.6 Å². The average molecular weight is 214 g/mol. The van der Waals surface area contributed by atoms with Crippen LogP contribution in [0.4, 0.5) is 0 Å². The first-order valence-electron chi connectivity index (χ1n) is 4.91. The summed E-state index contributed by atoms with van der Waals surface area (Å²) in [6.07, 6.45) is 2.91. The Hall–Kier alpha value is -0.390. The number of rotatable bonds is 1. The Kier molecular flexibility index (Phi) is 2.90. The van der Waals surface area contributed by atoms with E-state index < -0.39 is 6.04 Å². The normalized spacial score (nSPS) is 35.2. The van der Waals surface area contributed by atoms with E-state index in [2.05, 4.69) is 0 Å². The highest BCUT2D eigenvalue weighted by atomic mass is 32.2. The van der Waals surface area contributed by atoms with Gasteiger partial charge in [0.1, 0.15) is 6.04 Å². The number of thioether (sulfide) groups is 1. The minimum absolute atomic E-state index is 0.0210. The van der Waals surface area contributed by atoms with Crippen molar-refractivity contribution in [2.45, 2.75) is 31.5 Å². The maximum atomic E-state index is 11.5. The molecule has 2 fully saturated rings. The quantitative estimate of drug-likeness (QED) is 0.621. The molecule has 14 heavy (non-hydrogen) atoms. The predicted molar refractivity (Wildman–Crippen MR) is 54.8 cm³/mol. The summed E-state index contributed by atoms with van der Waals surface area (Å²) in [5.74, 6) is 0.351. The Bertz CT molecular complexity index is 254. The fraction of sp³-hybridized carbons (Fsp3) is 0.778. The Morgan fingerprint density at radius 1 is 1.36 bits per heavy atom. The predicted octanol–water partition coefficient (Wildman–Crippen LogP) is -0.0318. The van der Waals surface area contributed by atoms with Crippen LogP contribution in [0.5, 0.6) is 0 Å². The summed E-state index contributed by atoms with van der Waals surface area (Å²) in [5.41, 5.74) is 5.90. The second-order valence-electron chi connectivity index (χ2n) is 3.78. The molecule has 0 amide bonds. The van der Waals surface area contributed by atoms with Crippen molar-refractivity contribution < 1.29 is 9.59 Å². The standard InChI is InChI=1S/C9H14N2O2S/c10-7-3-1-2-4-11(7)8-6(12)5-14-9(8)13/h7-8H,1-5,10H2. The summed E-state index contributed by atoms with van der Waals surface area (Å²) in [6, 6.07) is -0.546. The number of nitrogens with zero attached hydrogens (tertiary/aromatic N) is 1. The summed E-state index contributed by atoms with van der Waals surface area (Å²) in [5, 5.41) is -0.0210. The van der Waals surface area contributed by atoms with Gasteiger partial charge in [-0.15, -0.1) is 0 Å². The first kappa shape index (κ1) is 10.1. The molecule has 0 aromatic carbocycles. The van der Waals surface area contributed by atoms with Gasteiger partial charge < -0.3 is 5.73 Å². The fourth-order valence-electron chi connectivity index (χ4n) is 2.05. The van der Waals surface area contributed by atoms with E-state index in [-0.39, 0.29) is 17.1 Å². The average Bonchev–Trinajstić information content (AvgIpc) is 2.48. The van der Waals surface area contributed by atoms with Gasteiger partial charge in [0.25, 0.3) is 0 Å². The lowest BCUT2D eigenvalue weighted by Crippen LogP contribution is -2.54. The van der Waals surface area contributed by atoms with Crippen molar-refractivity contribution in [1.29, 1.82) is 0 Å². The molecule has 0 spiro atoms. The number of carbonyl (C=O) groups excluding carboxylic acids is 2. The number of piperidine rings is 1. The Morgan fingerprint density at radius 3 is 2.71 bits per heavy atom. The molecular formula is C9H14N2O2S. The summed E-state index contributed by atoms with van der Waals surface area (Å²) >= 11 is 1.12. The molecule has 0 aliphatic carbocycles. The van der Waals surface area contributed by atoms with Crippen LogP contribution < -0.4 is 5.73 Å². The lowest BCUT2D eigenvalue weighted by molar-refractivity contribution is -0.129. The highest BCUT2D eigenvalue weighted by Crippen LogP contribution is 2.25. The highest BCUT2D eigenvalue weighted by Gasteiger charge is 2.41. The van der Waals surface area contributed by atoms with Crippen molar-refractivity contribution in [3.63, 3.8) is 0 Å². The zero-order valence-corrected chi connectivity index (χ0v) is 8.76. The molecule has 2 unspecified atom stereocenters. The van der Waals surface area contributed by atoms with Gasteiger partial charge >= 0.3 is 0 Å². The van der Waals surface area contributed by atoms with Crippen molar-refractivity contribution in [2.75, 3.05) is 12.3 Å². The summed E-state index contributed by atoms with van der Waals surface area (Å²) in [6.45, 7) is 0.782. The van der Waals surface area contributed by atoms with E-state index in [1.54, 1.807) is 0 Å². The molecule has 5 heteroatoms. The lowest BCUT2D eigenvalue weighted by Gasteiger charge is -2.35. The number of Topliss-reactive ketones (excluding diaryl/α,β-unsaturated/α-hetero) is 1. The molecule has 4 nitrogen and oxygen atoms in total. The molecule has 0 bridgehead atoms. The van der Waals surface area contributed by atoms with Gasteiger partial charge in [-0.3, -0.25) is 14.5 Å². The molecule has 2 saturated heterocycles. The fourth-order valence-corrected chi connectivity index (χ4v) is 2.92. The number of nitrogens with two attached hydrogens (primary N) is 1. The van der Waals surface area contributed by atoms with Crippen LogP contribution in [-0.4, -0.2) is 40.3 Å². The van der Waals surface area contributed by atoms with Crippen molar-refractivity contribution in [1.82, 2.24) is 4.90 Å². The van der Waals surface area contributed by atoms with Crippen molar-refractivity contribution in [3.05, 3.63) is 0 Å². The van der Waals surface area contributed by atoms with Crippen LogP contribution in [0.1, 0.15) is 19.3 Å². The van der Waals surface area contributed by atoms with Gasteiger partial charge in [-0.2, -0.15) is 0 Å². The molecule has 78 valence electrons. The summed E-state index contributed by atoms with van der Waals surface area (Å²) in [7, 11) is 0. The Morgan fingerprint density at radius 2 is 2.14 bits per heavy atom. The molecule has 0 radical (unpaired) electrons. The van der Waals surface area contributed by atoms with Crippen molar-refractivity contribution >= 4 is 22.7 Å². The second-order valence-corrected chi connectivity index (χ2v) is 4.76. The van der Waals surface area contributed by atoms with E-state index >= 15 is 0 Å². The zero-order valence-electron chi connectivity index (χ0n) is 7.94. The third-order valence-corrected chi connectivity index (χ3v) is 3.75. The topological polar surface area (TPSA) is 63.4 Å². The van der Waals surface area contributed by atoms with Gasteiger partial charge in [-0.05, 0) is 19.3 Å². The van der Waals surface area contributed by atoms with Crippen LogP contribution in [0.2, 0.25) is 0 Å². The monoisotopic (exact) mass is 214 g/mol. The van der Waals surface area contributed by atoms with E-state index in [4.69, 9.17) is 5.73 Å². The van der Waals surface area contributed by atoms with Gasteiger partial charge in [-0.25, -0.2) is 0 Å². The molecule has 2 aliphatic rings. The van der Waals surface area contributed by atoms with Crippen LogP contribution in [-0.2, 0) is 9.59 Å². The van der Waals surface area contributed by atoms with E-state index in [0.29, 0.717) is 5.75 Å². The lowest BCUT2D eigenvalue weighted by atomic mass is 10.0. The van der Waals surface area contributed by atoms with Crippen LogP contribution in [0.3, 0.4) is 0 Å². The van der Waals surface area contributed by atoms with Crippen molar-refractivity contribution in [2.24, 2.45) is 5.73 Å². The third kappa shape index (κ3) is 1.71. The van der Waals surface area contributed by atoms with Crippen LogP contribution in [0, 0.1) is 0 Å². The number of ketones is 1. The summed E-state index contributed by atoms with van der Waals surface area (Å²) in [4.78, 5) is 24.8. The first-order chi connectivity index (χ1) is 6.70. The molecule has 2 aliphatic heterocycles. The van der Waals surface area contributed by atoms with E-state index in [9.17, 15) is 9.59 Å². The molecule has 0 saturated carbocycles. The highest BCUT2D eigenvalue weighted by molar-refractivity contribution is 8.15. The van der Waals surface area contributed by atoms with Crippen molar-refractivity contribution in [3.8, 4) is 0 Å². The van der Waals surface area contributed by atoms with E-state index in [1.807, 2.05) is 4.90 Å². The number of likely N-dealkylation sites (tertiary alicyclic amines) is 1. The number of carbonyl (C=O) groups is 2. The van der Waals surface area contributed by atoms with Gasteiger partial charge in [-0.1, -0.05) is 11.8 Å². The second kappa shape index (κ2) is 4.00. The Labute approximate surface area is 87.2 Å². The third-order valence-electron chi connectivity index (χ3n) is 2.81. The molecule has 2 heterocycles. The molecule has 2 N–H and O–H groups in total. The van der Waals surface area contributed by atoms with Gasteiger partial charge in [0.2, 0.25) is 5.12 Å². The van der Waals surface area contributed by atoms with Crippen LogP contribution in [0.25, 0.3) is 0 Å². The van der Waals surface area contributed by atoms with Gasteiger partial charge in [0.15, 0.2) is 5.78 Å². The van der Waals surface area contributed by atoms with Crippen LogP contribution >= 0.6 is 11.8 Å². The summed E-state index contributed by atoms with van der Waals surface area (Å²) < 4.78 is 0. The molecule has 0 aromatic rings. The Balaban J connectivity index is 2.12. The maximum absolute atomic E-state index is 11.5. The number of hydrogen-bond donors (Lipinski definition) is 1. The van der Waals surface area contributed by atoms with Gasteiger partial charge in [0.05, 0.1) is 11.9 Å². The molecule has 2 rings (SSSR count). The van der Waals surface area contributed by atoms with E-state index in [1.165, 1.54) is 0 Å². The molecule has 0 aromatic heterocycles. The minimum Gasteiger partial charge on any atom is -0.316 e.